The quantitative estimate of drug-likeness (QED) is 0.331. The Bertz CT molecular complexity index is 1810. The van der Waals surface area contributed by atoms with Crippen molar-refractivity contribution in [1.82, 2.24) is 29.4 Å². The lowest BCUT2D eigenvalue weighted by Crippen LogP contribution is -2.40. The van der Waals surface area contributed by atoms with Gasteiger partial charge in [-0.15, -0.1) is 0 Å². The number of fused-ring (bicyclic) bond motifs is 1. The maximum absolute atomic E-state index is 13.3. The van der Waals surface area contributed by atoms with E-state index < -0.39 is 9.73 Å². The second kappa shape index (κ2) is 9.85. The predicted molar refractivity (Wildman–Crippen MR) is 148 cm³/mol. The van der Waals surface area contributed by atoms with Crippen LogP contribution in [0, 0.1) is 11.3 Å². The third kappa shape index (κ3) is 4.80. The SMILES string of the molecule is COc1ccc(N=S2(=O)CCN(c3ccc(-c4cc(-c5cnn(C)c5)cn5ncc(C#N)c45)cn3)CC2)cn1. The monoisotopic (exact) mass is 539 g/mol. The molecule has 6 rings (SSSR count). The molecule has 0 saturated carbocycles. The second-order valence-corrected chi connectivity index (χ2v) is 11.8. The van der Waals surface area contributed by atoms with Gasteiger partial charge < -0.3 is 9.64 Å². The first-order valence-electron chi connectivity index (χ1n) is 12.3. The molecule has 0 atom stereocenters. The summed E-state index contributed by atoms with van der Waals surface area (Å²) >= 11 is 0. The van der Waals surface area contributed by atoms with Crippen LogP contribution in [0.3, 0.4) is 0 Å². The molecule has 6 heterocycles. The van der Waals surface area contributed by atoms with Gasteiger partial charge >= 0.3 is 0 Å². The van der Waals surface area contributed by atoms with Crippen LogP contribution < -0.4 is 9.64 Å². The van der Waals surface area contributed by atoms with Crippen LogP contribution in [0.5, 0.6) is 5.88 Å². The second-order valence-electron chi connectivity index (χ2n) is 9.23. The molecule has 0 aliphatic carbocycles. The molecule has 0 unspecified atom stereocenters. The Balaban J connectivity index is 1.26. The number of pyridine rings is 3. The van der Waals surface area contributed by atoms with Gasteiger partial charge in [0, 0.05) is 78.6 Å². The van der Waals surface area contributed by atoms with Crippen molar-refractivity contribution >= 4 is 26.8 Å². The standard InChI is InChI=1S/C27H25N9O2S/c1-34-17-22(15-31-34)20-11-24(27-21(12-28)14-32-36(27)18-20)19-3-5-25(29-13-19)35-7-9-39(37,10-8-35)33-23-4-6-26(38-2)30-16-23/h3-6,11,13-18H,7-10H2,1-2H3. The van der Waals surface area contributed by atoms with Crippen LogP contribution in [-0.2, 0) is 16.8 Å². The highest BCUT2D eigenvalue weighted by molar-refractivity contribution is 7.93. The molecule has 12 heteroatoms. The number of methoxy groups -OCH3 is 1. The fourth-order valence-electron chi connectivity index (χ4n) is 4.66. The molecular formula is C27H25N9O2S. The average molecular weight is 540 g/mol. The number of hydrogen-bond acceptors (Lipinski definition) is 9. The number of anilines is 1. The first-order valence-corrected chi connectivity index (χ1v) is 14.1. The minimum atomic E-state index is -2.38. The molecule has 1 aliphatic rings. The van der Waals surface area contributed by atoms with Crippen molar-refractivity contribution < 1.29 is 8.95 Å². The van der Waals surface area contributed by atoms with Crippen molar-refractivity contribution in [1.29, 1.82) is 5.26 Å². The van der Waals surface area contributed by atoms with E-state index in [4.69, 9.17) is 9.72 Å². The third-order valence-corrected chi connectivity index (χ3v) is 8.90. The van der Waals surface area contributed by atoms with Crippen LogP contribution in [-0.4, -0.2) is 65.3 Å². The Kier molecular flexibility index (Phi) is 6.20. The van der Waals surface area contributed by atoms with Gasteiger partial charge in [-0.25, -0.2) is 18.7 Å². The number of nitriles is 1. The molecule has 0 spiro atoms. The van der Waals surface area contributed by atoms with Gasteiger partial charge in [0.25, 0.3) is 0 Å². The maximum Gasteiger partial charge on any atom is 0.213 e. The highest BCUT2D eigenvalue weighted by atomic mass is 32.2. The number of nitrogens with zero attached hydrogens (tertiary/aromatic N) is 9. The number of hydrogen-bond donors (Lipinski definition) is 0. The van der Waals surface area contributed by atoms with E-state index in [1.54, 1.807) is 47.0 Å². The first-order chi connectivity index (χ1) is 18.9. The van der Waals surface area contributed by atoms with Gasteiger partial charge in [0.05, 0.1) is 52.2 Å². The summed E-state index contributed by atoms with van der Waals surface area (Å²) in [5.74, 6) is 2.18. The Labute approximate surface area is 225 Å². The minimum absolute atomic E-state index is 0.442. The third-order valence-electron chi connectivity index (χ3n) is 6.72. The van der Waals surface area contributed by atoms with E-state index in [0.29, 0.717) is 41.7 Å². The lowest BCUT2D eigenvalue weighted by molar-refractivity contribution is 0.398. The fourth-order valence-corrected chi connectivity index (χ4v) is 6.55. The van der Waals surface area contributed by atoms with Crippen molar-refractivity contribution in [2.45, 2.75) is 0 Å². The zero-order chi connectivity index (χ0) is 27.0. The molecule has 0 N–H and O–H groups in total. The molecule has 0 amide bonds. The number of aromatic nitrogens is 6. The van der Waals surface area contributed by atoms with Gasteiger partial charge in [0.2, 0.25) is 5.88 Å². The molecule has 0 radical (unpaired) electrons. The van der Waals surface area contributed by atoms with E-state index in [1.165, 1.54) is 0 Å². The lowest BCUT2D eigenvalue weighted by Gasteiger charge is -2.29. The van der Waals surface area contributed by atoms with Crippen LogP contribution >= 0.6 is 0 Å². The number of aryl methyl sites for hydroxylation is 1. The van der Waals surface area contributed by atoms with E-state index in [0.717, 1.165) is 33.6 Å². The maximum atomic E-state index is 13.3. The van der Waals surface area contributed by atoms with E-state index in [9.17, 15) is 9.47 Å². The van der Waals surface area contributed by atoms with Crippen LogP contribution in [0.2, 0.25) is 0 Å². The van der Waals surface area contributed by atoms with Gasteiger partial charge in [0.15, 0.2) is 0 Å². The van der Waals surface area contributed by atoms with Crippen LogP contribution in [0.4, 0.5) is 11.5 Å². The summed E-state index contributed by atoms with van der Waals surface area (Å²) in [6.07, 6.45) is 10.6. The Morgan fingerprint density at radius 3 is 2.46 bits per heavy atom. The van der Waals surface area contributed by atoms with Crippen LogP contribution in [0.15, 0.2) is 71.9 Å². The molecule has 39 heavy (non-hydrogen) atoms. The molecule has 1 aliphatic heterocycles. The van der Waals surface area contributed by atoms with Crippen LogP contribution in [0.1, 0.15) is 5.56 Å². The van der Waals surface area contributed by atoms with E-state index >= 15 is 0 Å². The van der Waals surface area contributed by atoms with Gasteiger partial charge in [-0.3, -0.25) is 4.68 Å². The highest BCUT2D eigenvalue weighted by Crippen LogP contribution is 2.32. The fraction of sp³-hybridized carbons (Fsp3) is 0.222. The Hall–Kier alpha value is -4.76. The first kappa shape index (κ1) is 24.6. The van der Waals surface area contributed by atoms with Crippen molar-refractivity contribution in [2.24, 2.45) is 11.4 Å². The zero-order valence-corrected chi connectivity index (χ0v) is 22.2. The largest absolute Gasteiger partial charge is 0.481 e. The number of ether oxygens (including phenoxy) is 1. The molecular weight excluding hydrogens is 514 g/mol. The van der Waals surface area contributed by atoms with Gasteiger partial charge in [-0.2, -0.15) is 19.8 Å². The van der Waals surface area contributed by atoms with Crippen molar-refractivity contribution in [2.75, 3.05) is 36.6 Å². The summed E-state index contributed by atoms with van der Waals surface area (Å²) < 4.78 is 26.4. The summed E-state index contributed by atoms with van der Waals surface area (Å²) in [4.78, 5) is 11.0. The van der Waals surface area contributed by atoms with E-state index in [2.05, 4.69) is 30.5 Å². The molecule has 196 valence electrons. The summed E-state index contributed by atoms with van der Waals surface area (Å²) in [6.45, 7) is 1.17. The molecule has 11 nitrogen and oxygen atoms in total. The smallest absolute Gasteiger partial charge is 0.213 e. The van der Waals surface area contributed by atoms with Gasteiger partial charge in [-0.1, -0.05) is 0 Å². The Morgan fingerprint density at radius 1 is 0.974 bits per heavy atom. The highest BCUT2D eigenvalue weighted by Gasteiger charge is 2.22. The summed E-state index contributed by atoms with van der Waals surface area (Å²) in [7, 11) is 1.04. The van der Waals surface area contributed by atoms with Gasteiger partial charge in [0.1, 0.15) is 11.9 Å². The van der Waals surface area contributed by atoms with Crippen molar-refractivity contribution in [3.05, 3.63) is 73.1 Å². The number of rotatable bonds is 5. The normalized spacial score (nSPS) is 14.7. The molecule has 0 aromatic carbocycles. The lowest BCUT2D eigenvalue weighted by atomic mass is 10.0. The molecule has 0 bridgehead atoms. The van der Waals surface area contributed by atoms with E-state index in [-0.39, 0.29) is 0 Å². The molecule has 1 fully saturated rings. The summed E-state index contributed by atoms with van der Waals surface area (Å²) in [5, 5.41) is 18.4. The predicted octanol–water partition coefficient (Wildman–Crippen LogP) is 3.69. The summed E-state index contributed by atoms with van der Waals surface area (Å²) in [6, 6.07) is 11.7. The molecule has 5 aromatic rings. The van der Waals surface area contributed by atoms with Crippen molar-refractivity contribution in [3.63, 3.8) is 0 Å². The molecule has 1 saturated heterocycles. The van der Waals surface area contributed by atoms with E-state index in [1.807, 2.05) is 43.8 Å². The average Bonchev–Trinajstić information content (AvgIpc) is 3.59. The Morgan fingerprint density at radius 2 is 1.82 bits per heavy atom. The zero-order valence-electron chi connectivity index (χ0n) is 21.4. The molecule has 5 aromatic heterocycles. The van der Waals surface area contributed by atoms with Crippen LogP contribution in [0.25, 0.3) is 27.8 Å². The van der Waals surface area contributed by atoms with Gasteiger partial charge in [-0.05, 0) is 24.3 Å². The summed E-state index contributed by atoms with van der Waals surface area (Å²) in [5.41, 5.74) is 5.43. The minimum Gasteiger partial charge on any atom is -0.481 e. The topological polar surface area (TPSA) is 127 Å². The van der Waals surface area contributed by atoms with Crippen molar-refractivity contribution in [3.8, 4) is 34.2 Å².